The second-order valence-corrected chi connectivity index (χ2v) is 5.95. The SMILES string of the molecule is O=C(O)/C=C/c1cc2c(c([N+](=O)[O-])c1)CCN(C(=O)c1ccccc1)C2. The number of hydrogen-bond acceptors (Lipinski definition) is 4. The van der Waals surface area contributed by atoms with Gasteiger partial charge in [0.2, 0.25) is 0 Å². The van der Waals surface area contributed by atoms with Crippen LogP contribution in [0.2, 0.25) is 0 Å². The first kappa shape index (κ1) is 17.3. The van der Waals surface area contributed by atoms with Gasteiger partial charge in [-0.3, -0.25) is 14.9 Å². The molecule has 26 heavy (non-hydrogen) atoms. The zero-order valence-electron chi connectivity index (χ0n) is 13.8. The molecule has 2 aromatic carbocycles. The van der Waals surface area contributed by atoms with Gasteiger partial charge in [0.1, 0.15) is 0 Å². The smallest absolute Gasteiger partial charge is 0.328 e. The third kappa shape index (κ3) is 3.61. The maximum absolute atomic E-state index is 12.6. The number of carbonyl (C=O) groups excluding carboxylic acids is 1. The van der Waals surface area contributed by atoms with Crippen molar-refractivity contribution in [1.29, 1.82) is 0 Å². The van der Waals surface area contributed by atoms with Gasteiger partial charge in [-0.2, -0.15) is 0 Å². The molecule has 0 saturated heterocycles. The van der Waals surface area contributed by atoms with Gasteiger partial charge in [-0.25, -0.2) is 4.79 Å². The first-order chi connectivity index (χ1) is 12.5. The summed E-state index contributed by atoms with van der Waals surface area (Å²) in [5.74, 6) is -1.27. The number of nitro groups is 1. The summed E-state index contributed by atoms with van der Waals surface area (Å²) < 4.78 is 0. The van der Waals surface area contributed by atoms with Gasteiger partial charge in [-0.1, -0.05) is 18.2 Å². The lowest BCUT2D eigenvalue weighted by Crippen LogP contribution is -2.36. The van der Waals surface area contributed by atoms with Crippen molar-refractivity contribution in [1.82, 2.24) is 4.90 Å². The number of carboxylic acid groups (broad SMARTS) is 1. The van der Waals surface area contributed by atoms with E-state index in [0.29, 0.717) is 35.2 Å². The van der Waals surface area contributed by atoms with Crippen molar-refractivity contribution in [3.8, 4) is 0 Å². The Morgan fingerprint density at radius 3 is 2.58 bits per heavy atom. The minimum atomic E-state index is -1.13. The quantitative estimate of drug-likeness (QED) is 0.518. The minimum Gasteiger partial charge on any atom is -0.478 e. The fraction of sp³-hybridized carbons (Fsp3) is 0.158. The van der Waals surface area contributed by atoms with Crippen LogP contribution in [0.5, 0.6) is 0 Å². The number of amides is 1. The second-order valence-electron chi connectivity index (χ2n) is 5.95. The van der Waals surface area contributed by atoms with Crippen LogP contribution < -0.4 is 0 Å². The molecular formula is C19H16N2O5. The van der Waals surface area contributed by atoms with Crippen LogP contribution in [0.25, 0.3) is 6.08 Å². The molecule has 0 aromatic heterocycles. The first-order valence-electron chi connectivity index (χ1n) is 8.01. The Morgan fingerprint density at radius 1 is 1.19 bits per heavy atom. The van der Waals surface area contributed by atoms with Gasteiger partial charge in [0.15, 0.2) is 0 Å². The molecule has 0 atom stereocenters. The molecule has 0 radical (unpaired) electrons. The van der Waals surface area contributed by atoms with E-state index in [-0.39, 0.29) is 18.1 Å². The van der Waals surface area contributed by atoms with E-state index in [1.54, 1.807) is 35.2 Å². The molecule has 1 aliphatic heterocycles. The Balaban J connectivity index is 1.95. The van der Waals surface area contributed by atoms with Crippen LogP contribution in [0.4, 0.5) is 5.69 Å². The summed E-state index contributed by atoms with van der Waals surface area (Å²) in [5.41, 5.74) is 2.21. The lowest BCUT2D eigenvalue weighted by molar-refractivity contribution is -0.385. The number of rotatable bonds is 4. The normalized spacial score (nSPS) is 13.5. The number of nitrogens with zero attached hydrogens (tertiary/aromatic N) is 2. The van der Waals surface area contributed by atoms with Gasteiger partial charge in [0.25, 0.3) is 11.6 Å². The van der Waals surface area contributed by atoms with E-state index in [0.717, 1.165) is 6.08 Å². The van der Waals surface area contributed by atoms with Crippen molar-refractivity contribution in [2.24, 2.45) is 0 Å². The Morgan fingerprint density at radius 2 is 1.92 bits per heavy atom. The van der Waals surface area contributed by atoms with Crippen LogP contribution in [-0.4, -0.2) is 33.4 Å². The molecule has 1 heterocycles. The number of aliphatic carboxylic acids is 1. The standard InChI is InChI=1S/C19H16N2O5/c22-18(23)7-6-13-10-15-12-20(19(24)14-4-2-1-3-5-14)9-8-16(15)17(11-13)21(25)26/h1-7,10-11H,8-9,12H2,(H,22,23)/b7-6+. The lowest BCUT2D eigenvalue weighted by atomic mass is 9.94. The Labute approximate surface area is 149 Å². The number of nitro benzene ring substituents is 1. The highest BCUT2D eigenvalue weighted by Crippen LogP contribution is 2.30. The second kappa shape index (κ2) is 7.18. The van der Waals surface area contributed by atoms with Crippen LogP contribution >= 0.6 is 0 Å². The highest BCUT2D eigenvalue weighted by molar-refractivity contribution is 5.94. The maximum Gasteiger partial charge on any atom is 0.328 e. The average Bonchev–Trinajstić information content (AvgIpc) is 2.65. The minimum absolute atomic E-state index is 0.0423. The fourth-order valence-corrected chi connectivity index (χ4v) is 3.06. The molecule has 7 heteroatoms. The van der Waals surface area contributed by atoms with Crippen LogP contribution in [0, 0.1) is 10.1 Å². The number of benzene rings is 2. The van der Waals surface area contributed by atoms with Crippen molar-refractivity contribution in [2.45, 2.75) is 13.0 Å². The van der Waals surface area contributed by atoms with Crippen LogP contribution in [0.1, 0.15) is 27.0 Å². The van der Waals surface area contributed by atoms with Gasteiger partial charge in [-0.15, -0.1) is 0 Å². The number of hydrogen-bond donors (Lipinski definition) is 1. The molecule has 0 saturated carbocycles. The summed E-state index contributed by atoms with van der Waals surface area (Å²) in [6.07, 6.45) is 2.63. The van der Waals surface area contributed by atoms with E-state index in [1.807, 2.05) is 6.07 Å². The van der Waals surface area contributed by atoms with Crippen molar-refractivity contribution in [3.05, 3.63) is 80.9 Å². The van der Waals surface area contributed by atoms with Crippen molar-refractivity contribution >= 4 is 23.6 Å². The van der Waals surface area contributed by atoms with Crippen LogP contribution in [0.15, 0.2) is 48.5 Å². The van der Waals surface area contributed by atoms with Gasteiger partial charge >= 0.3 is 5.97 Å². The van der Waals surface area contributed by atoms with Crippen molar-refractivity contribution in [3.63, 3.8) is 0 Å². The van der Waals surface area contributed by atoms with E-state index < -0.39 is 10.9 Å². The van der Waals surface area contributed by atoms with Crippen LogP contribution in [-0.2, 0) is 17.8 Å². The Kier molecular flexibility index (Phi) is 4.79. The van der Waals surface area contributed by atoms with Crippen molar-refractivity contribution in [2.75, 3.05) is 6.54 Å². The number of fused-ring (bicyclic) bond motifs is 1. The van der Waals surface area contributed by atoms with Gasteiger partial charge in [-0.05, 0) is 41.8 Å². The topological polar surface area (TPSA) is 101 Å². The summed E-state index contributed by atoms with van der Waals surface area (Å²) in [4.78, 5) is 35.9. The predicted octanol–water partition coefficient (Wildman–Crippen LogP) is 2.89. The molecule has 0 spiro atoms. The number of carboxylic acids is 1. The maximum atomic E-state index is 12.6. The summed E-state index contributed by atoms with van der Waals surface area (Å²) in [5, 5.41) is 20.1. The lowest BCUT2D eigenvalue weighted by Gasteiger charge is -2.29. The Bertz CT molecular complexity index is 906. The fourth-order valence-electron chi connectivity index (χ4n) is 3.06. The third-order valence-corrected chi connectivity index (χ3v) is 4.26. The summed E-state index contributed by atoms with van der Waals surface area (Å²) in [6, 6.07) is 11.9. The summed E-state index contributed by atoms with van der Waals surface area (Å²) >= 11 is 0. The van der Waals surface area contributed by atoms with E-state index in [1.165, 1.54) is 12.1 Å². The van der Waals surface area contributed by atoms with E-state index >= 15 is 0 Å². The molecule has 1 amide bonds. The van der Waals surface area contributed by atoms with Crippen molar-refractivity contribution < 1.29 is 19.6 Å². The first-order valence-corrected chi connectivity index (χ1v) is 8.01. The van der Waals surface area contributed by atoms with E-state index in [2.05, 4.69) is 0 Å². The summed E-state index contributed by atoms with van der Waals surface area (Å²) in [7, 11) is 0. The molecule has 1 N–H and O–H groups in total. The molecule has 0 aliphatic carbocycles. The molecular weight excluding hydrogens is 336 g/mol. The highest BCUT2D eigenvalue weighted by atomic mass is 16.6. The zero-order valence-corrected chi connectivity index (χ0v) is 13.8. The molecule has 132 valence electrons. The molecule has 1 aliphatic rings. The zero-order chi connectivity index (χ0) is 18.7. The van der Waals surface area contributed by atoms with Gasteiger partial charge in [0.05, 0.1) is 4.92 Å². The molecule has 2 aromatic rings. The molecule has 0 bridgehead atoms. The third-order valence-electron chi connectivity index (χ3n) is 4.26. The molecule has 7 nitrogen and oxygen atoms in total. The largest absolute Gasteiger partial charge is 0.478 e. The molecule has 0 unspecified atom stereocenters. The highest BCUT2D eigenvalue weighted by Gasteiger charge is 2.27. The van der Waals surface area contributed by atoms with Gasteiger partial charge in [0, 0.05) is 36.4 Å². The monoisotopic (exact) mass is 352 g/mol. The molecule has 0 fully saturated rings. The average molecular weight is 352 g/mol. The predicted molar refractivity (Wildman–Crippen MR) is 94.7 cm³/mol. The summed E-state index contributed by atoms with van der Waals surface area (Å²) in [6.45, 7) is 0.643. The van der Waals surface area contributed by atoms with Crippen LogP contribution in [0.3, 0.4) is 0 Å². The van der Waals surface area contributed by atoms with Gasteiger partial charge < -0.3 is 10.0 Å². The molecule has 3 rings (SSSR count). The Hall–Kier alpha value is -3.48. The number of carbonyl (C=O) groups is 2. The van der Waals surface area contributed by atoms with E-state index in [9.17, 15) is 19.7 Å². The van der Waals surface area contributed by atoms with E-state index in [4.69, 9.17) is 5.11 Å².